The van der Waals surface area contributed by atoms with Crippen LogP contribution in [0, 0.1) is 5.92 Å². The molecule has 0 aromatic heterocycles. The lowest BCUT2D eigenvalue weighted by molar-refractivity contribution is -0.173. The number of alkyl halides is 3. The van der Waals surface area contributed by atoms with Gasteiger partial charge in [0.2, 0.25) is 0 Å². The fraction of sp³-hybridized carbons (Fsp3) is 0.714. The van der Waals surface area contributed by atoms with E-state index >= 15 is 0 Å². The summed E-state index contributed by atoms with van der Waals surface area (Å²) in [6.45, 7) is 1.96. The van der Waals surface area contributed by atoms with Crippen molar-refractivity contribution >= 4 is 11.6 Å². The molecule has 1 aliphatic carbocycles. The highest BCUT2D eigenvalue weighted by molar-refractivity contribution is 5.91. The van der Waals surface area contributed by atoms with Crippen molar-refractivity contribution in [3.63, 3.8) is 0 Å². The molecule has 1 rings (SSSR count). The maximum atomic E-state index is 11.6. The normalized spacial score (nSPS) is 22.2. The zero-order valence-electron chi connectivity index (χ0n) is 6.98. The van der Waals surface area contributed by atoms with Gasteiger partial charge >= 0.3 is 12.1 Å². The van der Waals surface area contributed by atoms with Gasteiger partial charge in [0.25, 0.3) is 0 Å². The summed E-state index contributed by atoms with van der Waals surface area (Å²) in [5.74, 6) is -1.55. The summed E-state index contributed by atoms with van der Waals surface area (Å²) in [5.41, 5.74) is 2.08. The monoisotopic (exact) mass is 194 g/mol. The lowest BCUT2D eigenvalue weighted by atomic mass is 9.85. The summed E-state index contributed by atoms with van der Waals surface area (Å²) in [7, 11) is 0. The molecule has 0 atom stereocenters. The molecule has 0 spiro atoms. The summed E-state index contributed by atoms with van der Waals surface area (Å²) >= 11 is 0. The molecule has 1 amide bonds. The van der Waals surface area contributed by atoms with Crippen LogP contribution in [-0.4, -0.2) is 17.8 Å². The molecule has 0 bridgehead atoms. The molecule has 1 aliphatic rings. The van der Waals surface area contributed by atoms with E-state index in [1.165, 1.54) is 5.43 Å². The van der Waals surface area contributed by atoms with E-state index < -0.39 is 12.1 Å². The summed E-state index contributed by atoms with van der Waals surface area (Å²) in [4.78, 5) is 10.2. The molecular weight excluding hydrogens is 185 g/mol. The number of hydrogen-bond donors (Lipinski definition) is 1. The number of carbonyl (C=O) groups is 1. The first-order valence-corrected chi connectivity index (χ1v) is 3.82. The van der Waals surface area contributed by atoms with Crippen LogP contribution in [0.3, 0.4) is 0 Å². The molecule has 0 aromatic rings. The van der Waals surface area contributed by atoms with Gasteiger partial charge in [-0.15, -0.1) is 0 Å². The van der Waals surface area contributed by atoms with Crippen LogP contribution in [-0.2, 0) is 4.79 Å². The Hall–Kier alpha value is -1.07. The van der Waals surface area contributed by atoms with Gasteiger partial charge < -0.3 is 0 Å². The van der Waals surface area contributed by atoms with E-state index in [1.807, 2.05) is 6.92 Å². The average Bonchev–Trinajstić information content (AvgIpc) is 1.93. The summed E-state index contributed by atoms with van der Waals surface area (Å²) in [5, 5.41) is 3.34. The maximum Gasteiger partial charge on any atom is 0.473 e. The molecule has 74 valence electrons. The molecule has 0 aliphatic heterocycles. The lowest BCUT2D eigenvalue weighted by Crippen LogP contribution is -2.35. The summed E-state index contributed by atoms with van der Waals surface area (Å²) in [6, 6.07) is 0. The summed E-state index contributed by atoms with van der Waals surface area (Å²) < 4.78 is 34.9. The van der Waals surface area contributed by atoms with E-state index in [9.17, 15) is 18.0 Å². The van der Waals surface area contributed by atoms with Gasteiger partial charge in [0, 0.05) is 5.71 Å². The van der Waals surface area contributed by atoms with Crippen molar-refractivity contribution in [3.8, 4) is 0 Å². The minimum absolute atomic E-state index is 0.460. The van der Waals surface area contributed by atoms with Crippen molar-refractivity contribution in [2.45, 2.75) is 25.9 Å². The largest absolute Gasteiger partial charge is 0.473 e. The Balaban J connectivity index is 2.35. The smallest absolute Gasteiger partial charge is 0.263 e. The number of nitrogens with zero attached hydrogens (tertiary/aromatic N) is 1. The van der Waals surface area contributed by atoms with E-state index in [4.69, 9.17) is 0 Å². The number of nitrogens with one attached hydrogen (secondary N) is 1. The molecule has 1 fully saturated rings. The van der Waals surface area contributed by atoms with Crippen molar-refractivity contribution < 1.29 is 18.0 Å². The number of amides is 1. The van der Waals surface area contributed by atoms with Gasteiger partial charge in [0.05, 0.1) is 0 Å². The SMILES string of the molecule is CC1CC(=NNC(=O)C(F)(F)F)C1. The molecule has 0 heterocycles. The van der Waals surface area contributed by atoms with Gasteiger partial charge in [0.1, 0.15) is 0 Å². The predicted octanol–water partition coefficient (Wildman–Crippen LogP) is 1.45. The van der Waals surface area contributed by atoms with Crippen molar-refractivity contribution in [1.29, 1.82) is 0 Å². The highest BCUT2D eigenvalue weighted by atomic mass is 19.4. The van der Waals surface area contributed by atoms with Crippen LogP contribution in [0.1, 0.15) is 19.8 Å². The topological polar surface area (TPSA) is 41.5 Å². The molecule has 0 aromatic carbocycles. The first-order valence-electron chi connectivity index (χ1n) is 3.82. The first kappa shape index (κ1) is 10.0. The Morgan fingerprint density at radius 1 is 1.54 bits per heavy atom. The first-order chi connectivity index (χ1) is 5.89. The highest BCUT2D eigenvalue weighted by Gasteiger charge is 2.38. The maximum absolute atomic E-state index is 11.6. The van der Waals surface area contributed by atoms with Crippen LogP contribution < -0.4 is 5.43 Å². The Bertz CT molecular complexity index is 239. The fourth-order valence-electron chi connectivity index (χ4n) is 1.03. The fourth-order valence-corrected chi connectivity index (χ4v) is 1.03. The molecule has 0 saturated heterocycles. The molecular formula is C7H9F3N2O. The van der Waals surface area contributed by atoms with Gasteiger partial charge in [-0.2, -0.15) is 18.3 Å². The van der Waals surface area contributed by atoms with Gasteiger partial charge in [0.15, 0.2) is 0 Å². The average molecular weight is 194 g/mol. The van der Waals surface area contributed by atoms with Gasteiger partial charge in [-0.3, -0.25) is 4.79 Å². The van der Waals surface area contributed by atoms with Crippen molar-refractivity contribution in [1.82, 2.24) is 5.43 Å². The van der Waals surface area contributed by atoms with Crippen LogP contribution in [0.2, 0.25) is 0 Å². The molecule has 0 radical (unpaired) electrons. The Kier molecular flexibility index (Phi) is 2.58. The third kappa shape index (κ3) is 2.71. The second kappa shape index (κ2) is 3.35. The number of hydrazone groups is 1. The van der Waals surface area contributed by atoms with E-state index in [2.05, 4.69) is 5.10 Å². The summed E-state index contributed by atoms with van der Waals surface area (Å²) in [6.07, 6.45) is -3.52. The van der Waals surface area contributed by atoms with Crippen molar-refractivity contribution in [3.05, 3.63) is 0 Å². The quantitative estimate of drug-likeness (QED) is 0.630. The van der Waals surface area contributed by atoms with Crippen LogP contribution in [0.4, 0.5) is 13.2 Å². The molecule has 1 saturated carbocycles. The molecule has 3 nitrogen and oxygen atoms in total. The van der Waals surface area contributed by atoms with E-state index in [0.29, 0.717) is 24.5 Å². The number of halogens is 3. The predicted molar refractivity (Wildman–Crippen MR) is 40.0 cm³/mol. The minimum atomic E-state index is -4.85. The van der Waals surface area contributed by atoms with Crippen molar-refractivity contribution in [2.24, 2.45) is 11.0 Å². The van der Waals surface area contributed by atoms with Gasteiger partial charge in [-0.1, -0.05) is 6.92 Å². The van der Waals surface area contributed by atoms with Crippen molar-refractivity contribution in [2.75, 3.05) is 0 Å². The number of rotatable bonds is 1. The Labute approximate surface area is 73.0 Å². The molecule has 0 unspecified atom stereocenters. The molecule has 6 heteroatoms. The third-order valence-electron chi connectivity index (χ3n) is 1.74. The standard InChI is InChI=1S/C7H9F3N2O/c1-4-2-5(3-4)11-12-6(13)7(8,9)10/h4H,2-3H2,1H3,(H,12,13). The van der Waals surface area contributed by atoms with Crippen LogP contribution in [0.5, 0.6) is 0 Å². The van der Waals surface area contributed by atoms with Crippen LogP contribution in [0.15, 0.2) is 5.10 Å². The Morgan fingerprint density at radius 2 is 2.08 bits per heavy atom. The van der Waals surface area contributed by atoms with E-state index in [0.717, 1.165) is 0 Å². The van der Waals surface area contributed by atoms with E-state index in [1.54, 1.807) is 0 Å². The zero-order chi connectivity index (χ0) is 10.1. The van der Waals surface area contributed by atoms with Crippen LogP contribution >= 0.6 is 0 Å². The molecule has 13 heavy (non-hydrogen) atoms. The highest BCUT2D eigenvalue weighted by Crippen LogP contribution is 2.22. The minimum Gasteiger partial charge on any atom is -0.263 e. The molecule has 1 N–H and O–H groups in total. The second-order valence-corrected chi connectivity index (χ2v) is 3.13. The zero-order valence-corrected chi connectivity index (χ0v) is 6.98. The van der Waals surface area contributed by atoms with Crippen LogP contribution in [0.25, 0.3) is 0 Å². The lowest BCUT2D eigenvalue weighted by Gasteiger charge is -2.23. The second-order valence-electron chi connectivity index (χ2n) is 3.13. The number of hydrogen-bond acceptors (Lipinski definition) is 2. The van der Waals surface area contributed by atoms with Gasteiger partial charge in [-0.25, -0.2) is 5.43 Å². The third-order valence-corrected chi connectivity index (χ3v) is 1.74. The van der Waals surface area contributed by atoms with E-state index in [-0.39, 0.29) is 0 Å². The van der Waals surface area contributed by atoms with Gasteiger partial charge in [-0.05, 0) is 18.8 Å². The number of carbonyl (C=O) groups excluding carboxylic acids is 1. The Morgan fingerprint density at radius 3 is 2.46 bits per heavy atom.